The first-order valence-electron chi connectivity index (χ1n) is 7.93. The zero-order valence-electron chi connectivity index (χ0n) is 14.0. The Morgan fingerprint density at radius 1 is 1.25 bits per heavy atom. The minimum absolute atomic E-state index is 0.100. The third kappa shape index (κ3) is 2.99. The molecule has 126 valence electrons. The number of hydrogen-bond acceptors (Lipinski definition) is 3. The van der Waals surface area contributed by atoms with Crippen LogP contribution in [0.3, 0.4) is 0 Å². The van der Waals surface area contributed by atoms with Gasteiger partial charge in [0.25, 0.3) is 5.91 Å². The van der Waals surface area contributed by atoms with Gasteiger partial charge in [0, 0.05) is 11.1 Å². The summed E-state index contributed by atoms with van der Waals surface area (Å²) in [5, 5.41) is 0.638. The van der Waals surface area contributed by atoms with Gasteiger partial charge in [-0.15, -0.1) is 0 Å². The van der Waals surface area contributed by atoms with Crippen LogP contribution in [0.2, 0.25) is 5.02 Å². The molecule has 0 aromatic heterocycles. The van der Waals surface area contributed by atoms with Crippen molar-refractivity contribution in [3.05, 3.63) is 58.6 Å². The van der Waals surface area contributed by atoms with E-state index in [1.165, 1.54) is 0 Å². The van der Waals surface area contributed by atoms with E-state index in [1.54, 1.807) is 18.7 Å². The summed E-state index contributed by atoms with van der Waals surface area (Å²) in [7, 11) is 0. The maximum absolute atomic E-state index is 12.9. The van der Waals surface area contributed by atoms with E-state index in [0.29, 0.717) is 17.3 Å². The maximum atomic E-state index is 12.9. The number of fused-ring (bicyclic) bond motifs is 1. The van der Waals surface area contributed by atoms with Crippen LogP contribution in [0.5, 0.6) is 5.75 Å². The van der Waals surface area contributed by atoms with E-state index in [4.69, 9.17) is 22.1 Å². The number of carbonyl (C=O) groups is 1. The third-order valence-electron chi connectivity index (χ3n) is 4.21. The van der Waals surface area contributed by atoms with Crippen LogP contribution < -0.4 is 15.4 Å². The molecule has 4 nitrogen and oxygen atoms in total. The summed E-state index contributed by atoms with van der Waals surface area (Å²) in [5.41, 5.74) is 7.64. The highest BCUT2D eigenvalue weighted by Gasteiger charge is 2.41. The van der Waals surface area contributed by atoms with Gasteiger partial charge in [0.2, 0.25) is 0 Å². The number of halogens is 1. The zero-order chi connectivity index (χ0) is 17.5. The van der Waals surface area contributed by atoms with E-state index < -0.39 is 5.60 Å². The van der Waals surface area contributed by atoms with Crippen molar-refractivity contribution in [1.82, 2.24) is 0 Å². The number of carbonyl (C=O) groups excluding carboxylic acids is 1. The quantitative estimate of drug-likeness (QED) is 0.913. The summed E-state index contributed by atoms with van der Waals surface area (Å²) in [5.74, 6) is 0.577. The molecular formula is C19H21ClN2O2. The number of anilines is 1. The Balaban J connectivity index is 2.08. The summed E-state index contributed by atoms with van der Waals surface area (Å²) < 4.78 is 5.90. The highest BCUT2D eigenvalue weighted by atomic mass is 35.5. The van der Waals surface area contributed by atoms with Gasteiger partial charge in [0.15, 0.2) is 5.60 Å². The minimum atomic E-state index is -0.926. The molecule has 5 heteroatoms. The molecule has 1 heterocycles. The number of nitrogens with zero attached hydrogens (tertiary/aromatic N) is 1. The smallest absolute Gasteiger partial charge is 0.271 e. The van der Waals surface area contributed by atoms with Crippen LogP contribution in [-0.2, 0) is 11.3 Å². The molecule has 24 heavy (non-hydrogen) atoms. The maximum Gasteiger partial charge on any atom is 0.271 e. The molecular weight excluding hydrogens is 324 g/mol. The van der Waals surface area contributed by atoms with Crippen molar-refractivity contribution in [3.8, 4) is 5.75 Å². The van der Waals surface area contributed by atoms with Crippen LogP contribution in [0.4, 0.5) is 5.69 Å². The van der Waals surface area contributed by atoms with E-state index >= 15 is 0 Å². The first kappa shape index (κ1) is 16.8. The lowest BCUT2D eigenvalue weighted by Gasteiger charge is -2.39. The molecule has 1 aliphatic heterocycles. The average Bonchev–Trinajstić information content (AvgIpc) is 2.52. The summed E-state index contributed by atoms with van der Waals surface area (Å²) in [6.07, 6.45) is 0. The molecule has 1 unspecified atom stereocenters. The lowest BCUT2D eigenvalue weighted by atomic mass is 10.0. The Labute approximate surface area is 147 Å². The summed E-state index contributed by atoms with van der Waals surface area (Å²) in [6, 6.07) is 13.1. The second-order valence-corrected chi connectivity index (χ2v) is 7.02. The molecule has 0 saturated carbocycles. The zero-order valence-corrected chi connectivity index (χ0v) is 14.8. The van der Waals surface area contributed by atoms with Gasteiger partial charge in [0.1, 0.15) is 5.75 Å². The highest BCUT2D eigenvalue weighted by molar-refractivity contribution is 6.31. The number of hydrogen-bond donors (Lipinski definition) is 1. The van der Waals surface area contributed by atoms with Gasteiger partial charge in [-0.2, -0.15) is 0 Å². The van der Waals surface area contributed by atoms with Crippen molar-refractivity contribution in [2.45, 2.75) is 39.0 Å². The second-order valence-electron chi connectivity index (χ2n) is 6.61. The fourth-order valence-electron chi connectivity index (χ4n) is 2.82. The third-order valence-corrected chi connectivity index (χ3v) is 4.58. The number of amides is 1. The van der Waals surface area contributed by atoms with Gasteiger partial charge in [-0.3, -0.25) is 4.79 Å². The summed E-state index contributed by atoms with van der Waals surface area (Å²) >= 11 is 6.28. The van der Waals surface area contributed by atoms with Crippen LogP contribution in [0.1, 0.15) is 37.9 Å². The monoisotopic (exact) mass is 344 g/mol. The molecule has 3 rings (SSSR count). The molecule has 2 aromatic rings. The van der Waals surface area contributed by atoms with Gasteiger partial charge in [-0.1, -0.05) is 35.9 Å². The second kappa shape index (κ2) is 6.11. The van der Waals surface area contributed by atoms with E-state index in [9.17, 15) is 4.79 Å². The van der Waals surface area contributed by atoms with Crippen molar-refractivity contribution < 1.29 is 9.53 Å². The average molecular weight is 345 g/mol. The molecule has 1 amide bonds. The fourth-order valence-corrected chi connectivity index (χ4v) is 3.02. The van der Waals surface area contributed by atoms with Crippen LogP contribution in [0.25, 0.3) is 0 Å². The number of ether oxygens (including phenoxy) is 1. The highest BCUT2D eigenvalue weighted by Crippen LogP contribution is 2.40. The van der Waals surface area contributed by atoms with E-state index in [2.05, 4.69) is 0 Å². The minimum Gasteiger partial charge on any atom is -0.476 e. The van der Waals surface area contributed by atoms with Crippen LogP contribution in [0.15, 0.2) is 42.5 Å². The van der Waals surface area contributed by atoms with Gasteiger partial charge >= 0.3 is 0 Å². The first-order chi connectivity index (χ1) is 11.3. The molecule has 0 spiro atoms. The van der Waals surface area contributed by atoms with Crippen molar-refractivity contribution in [2.75, 3.05) is 4.90 Å². The number of nitrogens with two attached hydrogens (primary N) is 1. The van der Waals surface area contributed by atoms with Crippen molar-refractivity contribution in [1.29, 1.82) is 0 Å². The standard InChI is InChI=1S/C19H21ClN2O2/c1-12(21)13-8-9-17-16(10-13)22(18(23)19(2,3)24-17)11-14-6-4-5-7-15(14)20/h4-10,12H,11,21H2,1-3H3. The van der Waals surface area contributed by atoms with Crippen molar-refractivity contribution in [2.24, 2.45) is 5.73 Å². The Kier molecular flexibility index (Phi) is 4.28. The normalized spacial score (nSPS) is 17.2. The number of benzene rings is 2. The van der Waals surface area contributed by atoms with Crippen LogP contribution >= 0.6 is 11.6 Å². The van der Waals surface area contributed by atoms with E-state index in [1.807, 2.05) is 49.4 Å². The molecule has 0 aliphatic carbocycles. The first-order valence-corrected chi connectivity index (χ1v) is 8.31. The predicted molar refractivity (Wildman–Crippen MR) is 96.4 cm³/mol. The molecule has 0 bridgehead atoms. The molecule has 0 fully saturated rings. The largest absolute Gasteiger partial charge is 0.476 e. The molecule has 1 atom stereocenters. The lowest BCUT2D eigenvalue weighted by molar-refractivity contribution is -0.132. The topological polar surface area (TPSA) is 55.6 Å². The van der Waals surface area contributed by atoms with Gasteiger partial charge in [-0.05, 0) is 50.1 Å². The van der Waals surface area contributed by atoms with Gasteiger partial charge in [0.05, 0.1) is 12.2 Å². The van der Waals surface area contributed by atoms with Gasteiger partial charge in [-0.25, -0.2) is 0 Å². The Bertz CT molecular complexity index is 787. The number of rotatable bonds is 3. The van der Waals surface area contributed by atoms with Crippen LogP contribution in [-0.4, -0.2) is 11.5 Å². The lowest BCUT2D eigenvalue weighted by Crippen LogP contribution is -2.52. The molecule has 0 radical (unpaired) electrons. The SMILES string of the molecule is CC(N)c1ccc2c(c1)N(Cc1ccccc1Cl)C(=O)C(C)(C)O2. The predicted octanol–water partition coefficient (Wildman–Crippen LogP) is 4.06. The Morgan fingerprint density at radius 3 is 2.62 bits per heavy atom. The van der Waals surface area contributed by atoms with Crippen molar-refractivity contribution in [3.63, 3.8) is 0 Å². The van der Waals surface area contributed by atoms with E-state index in [0.717, 1.165) is 16.8 Å². The molecule has 1 aliphatic rings. The Morgan fingerprint density at radius 2 is 1.96 bits per heavy atom. The molecule has 2 aromatic carbocycles. The van der Waals surface area contributed by atoms with Crippen LogP contribution in [0, 0.1) is 0 Å². The van der Waals surface area contributed by atoms with Crippen molar-refractivity contribution >= 4 is 23.2 Å². The summed E-state index contributed by atoms with van der Waals surface area (Å²) in [4.78, 5) is 14.7. The molecule has 2 N–H and O–H groups in total. The Hall–Kier alpha value is -2.04. The van der Waals surface area contributed by atoms with Gasteiger partial charge < -0.3 is 15.4 Å². The van der Waals surface area contributed by atoms with E-state index in [-0.39, 0.29) is 11.9 Å². The summed E-state index contributed by atoms with van der Waals surface area (Å²) in [6.45, 7) is 5.85. The molecule has 0 saturated heterocycles. The fraction of sp³-hybridized carbons (Fsp3) is 0.316.